The molecule has 0 amide bonds. The molecule has 0 aliphatic carbocycles. The first-order valence-corrected chi connectivity index (χ1v) is 4.38. The SMILES string of the molecule is COc1ccc(OCC(C)O)c(N)c1. The molecule has 1 aromatic rings. The number of ether oxygens (including phenoxy) is 2. The minimum absolute atomic E-state index is 0.233. The van der Waals surface area contributed by atoms with Crippen molar-refractivity contribution in [1.29, 1.82) is 0 Å². The largest absolute Gasteiger partial charge is 0.497 e. The molecule has 4 nitrogen and oxygen atoms in total. The molecule has 0 aromatic heterocycles. The zero-order valence-electron chi connectivity index (χ0n) is 8.36. The van der Waals surface area contributed by atoms with Gasteiger partial charge in [0.15, 0.2) is 0 Å². The number of nitrogens with two attached hydrogens (primary N) is 1. The van der Waals surface area contributed by atoms with Crippen molar-refractivity contribution in [2.45, 2.75) is 13.0 Å². The molecule has 0 bridgehead atoms. The molecule has 0 aliphatic rings. The highest BCUT2D eigenvalue weighted by Gasteiger charge is 2.03. The van der Waals surface area contributed by atoms with Crippen LogP contribution < -0.4 is 15.2 Å². The molecule has 1 rings (SSSR count). The number of aliphatic hydroxyl groups excluding tert-OH is 1. The topological polar surface area (TPSA) is 64.7 Å². The van der Waals surface area contributed by atoms with Crippen LogP contribution in [-0.4, -0.2) is 24.9 Å². The highest BCUT2D eigenvalue weighted by molar-refractivity contribution is 5.56. The molecule has 3 N–H and O–H groups in total. The molecule has 1 aromatic carbocycles. The average Bonchev–Trinajstić information content (AvgIpc) is 2.15. The van der Waals surface area contributed by atoms with E-state index in [9.17, 15) is 0 Å². The van der Waals surface area contributed by atoms with Gasteiger partial charge in [-0.3, -0.25) is 0 Å². The third-order valence-electron chi connectivity index (χ3n) is 1.70. The summed E-state index contributed by atoms with van der Waals surface area (Å²) in [4.78, 5) is 0. The van der Waals surface area contributed by atoms with Crippen molar-refractivity contribution in [2.24, 2.45) is 0 Å². The fourth-order valence-electron chi connectivity index (χ4n) is 0.995. The summed E-state index contributed by atoms with van der Waals surface area (Å²) in [7, 11) is 1.57. The first-order chi connectivity index (χ1) is 6.63. The third kappa shape index (κ3) is 2.81. The predicted octanol–water partition coefficient (Wildman–Crippen LogP) is 1.04. The average molecular weight is 197 g/mol. The van der Waals surface area contributed by atoms with E-state index in [-0.39, 0.29) is 6.61 Å². The summed E-state index contributed by atoms with van der Waals surface area (Å²) in [5.74, 6) is 1.25. The van der Waals surface area contributed by atoms with Gasteiger partial charge >= 0.3 is 0 Å². The summed E-state index contributed by atoms with van der Waals surface area (Å²) in [5, 5.41) is 9.01. The number of rotatable bonds is 4. The van der Waals surface area contributed by atoms with Gasteiger partial charge < -0.3 is 20.3 Å². The van der Waals surface area contributed by atoms with E-state index < -0.39 is 6.10 Å². The zero-order valence-corrected chi connectivity index (χ0v) is 8.36. The molecule has 4 heteroatoms. The fraction of sp³-hybridized carbons (Fsp3) is 0.400. The van der Waals surface area contributed by atoms with Crippen molar-refractivity contribution >= 4 is 5.69 Å². The van der Waals surface area contributed by atoms with E-state index >= 15 is 0 Å². The Morgan fingerprint density at radius 3 is 2.71 bits per heavy atom. The van der Waals surface area contributed by atoms with Crippen LogP contribution in [0.4, 0.5) is 5.69 Å². The van der Waals surface area contributed by atoms with Crippen LogP contribution in [0.3, 0.4) is 0 Å². The molecule has 0 fully saturated rings. The van der Waals surface area contributed by atoms with Crippen molar-refractivity contribution in [3.8, 4) is 11.5 Å². The first kappa shape index (κ1) is 10.7. The molecular weight excluding hydrogens is 182 g/mol. The smallest absolute Gasteiger partial charge is 0.142 e. The second kappa shape index (κ2) is 4.72. The van der Waals surface area contributed by atoms with Crippen LogP contribution in [0.1, 0.15) is 6.92 Å². The summed E-state index contributed by atoms with van der Waals surface area (Å²) < 4.78 is 10.3. The predicted molar refractivity (Wildman–Crippen MR) is 54.6 cm³/mol. The first-order valence-electron chi connectivity index (χ1n) is 4.38. The molecule has 1 unspecified atom stereocenters. The van der Waals surface area contributed by atoms with Gasteiger partial charge in [0.25, 0.3) is 0 Å². The van der Waals surface area contributed by atoms with Gasteiger partial charge in [-0.1, -0.05) is 0 Å². The second-order valence-corrected chi connectivity index (χ2v) is 3.06. The van der Waals surface area contributed by atoms with Gasteiger partial charge in [0.05, 0.1) is 18.9 Å². The van der Waals surface area contributed by atoms with Gasteiger partial charge in [0.1, 0.15) is 18.1 Å². The van der Waals surface area contributed by atoms with E-state index in [4.69, 9.17) is 20.3 Å². The minimum Gasteiger partial charge on any atom is -0.497 e. The van der Waals surface area contributed by atoms with Gasteiger partial charge in [-0.2, -0.15) is 0 Å². The van der Waals surface area contributed by atoms with Crippen LogP contribution in [0.2, 0.25) is 0 Å². The maximum absolute atomic E-state index is 9.01. The summed E-state index contributed by atoms with van der Waals surface area (Å²) in [5.41, 5.74) is 6.20. The van der Waals surface area contributed by atoms with Crippen molar-refractivity contribution in [3.63, 3.8) is 0 Å². The highest BCUT2D eigenvalue weighted by atomic mass is 16.5. The quantitative estimate of drug-likeness (QED) is 0.708. The Labute approximate surface area is 83.3 Å². The molecule has 0 heterocycles. The number of hydrogen-bond donors (Lipinski definition) is 2. The van der Waals surface area contributed by atoms with Crippen molar-refractivity contribution in [2.75, 3.05) is 19.5 Å². The number of anilines is 1. The number of aliphatic hydroxyl groups is 1. The Bertz CT molecular complexity index is 299. The maximum atomic E-state index is 9.01. The van der Waals surface area contributed by atoms with Crippen LogP contribution in [0.5, 0.6) is 11.5 Å². The van der Waals surface area contributed by atoms with Gasteiger partial charge in [0.2, 0.25) is 0 Å². The summed E-state index contributed by atoms with van der Waals surface area (Å²) in [6, 6.07) is 5.15. The lowest BCUT2D eigenvalue weighted by molar-refractivity contribution is 0.123. The number of benzene rings is 1. The van der Waals surface area contributed by atoms with Crippen molar-refractivity contribution < 1.29 is 14.6 Å². The van der Waals surface area contributed by atoms with Crippen LogP contribution in [0.25, 0.3) is 0 Å². The van der Waals surface area contributed by atoms with Crippen molar-refractivity contribution in [1.82, 2.24) is 0 Å². The van der Waals surface area contributed by atoms with E-state index in [1.807, 2.05) is 0 Å². The Kier molecular flexibility index (Phi) is 3.59. The lowest BCUT2D eigenvalue weighted by atomic mass is 10.3. The van der Waals surface area contributed by atoms with Gasteiger partial charge in [-0.05, 0) is 19.1 Å². The van der Waals surface area contributed by atoms with E-state index in [0.29, 0.717) is 17.2 Å². The van der Waals surface area contributed by atoms with Gasteiger partial charge in [-0.15, -0.1) is 0 Å². The van der Waals surface area contributed by atoms with Crippen LogP contribution >= 0.6 is 0 Å². The number of nitrogen functional groups attached to an aromatic ring is 1. The Balaban J connectivity index is 2.69. The monoisotopic (exact) mass is 197 g/mol. The van der Waals surface area contributed by atoms with E-state index in [2.05, 4.69) is 0 Å². The summed E-state index contributed by atoms with van der Waals surface area (Å²) in [6.45, 7) is 1.89. The molecule has 1 atom stereocenters. The van der Waals surface area contributed by atoms with Crippen LogP contribution in [-0.2, 0) is 0 Å². The summed E-state index contributed by atoms with van der Waals surface area (Å²) in [6.07, 6.45) is -0.503. The highest BCUT2D eigenvalue weighted by Crippen LogP contribution is 2.26. The standard InChI is InChI=1S/C10H15NO3/c1-7(12)6-14-10-4-3-8(13-2)5-9(10)11/h3-5,7,12H,6,11H2,1-2H3. The molecule has 0 spiro atoms. The van der Waals surface area contributed by atoms with E-state index in [1.165, 1.54) is 0 Å². The second-order valence-electron chi connectivity index (χ2n) is 3.06. The lowest BCUT2D eigenvalue weighted by Crippen LogP contribution is -2.13. The molecule has 0 radical (unpaired) electrons. The van der Waals surface area contributed by atoms with E-state index in [0.717, 1.165) is 0 Å². The number of hydrogen-bond acceptors (Lipinski definition) is 4. The van der Waals surface area contributed by atoms with Crippen LogP contribution in [0, 0.1) is 0 Å². The zero-order chi connectivity index (χ0) is 10.6. The van der Waals surface area contributed by atoms with E-state index in [1.54, 1.807) is 32.2 Å². The normalized spacial score (nSPS) is 12.2. The minimum atomic E-state index is -0.503. The lowest BCUT2D eigenvalue weighted by Gasteiger charge is -2.11. The Hall–Kier alpha value is -1.42. The Morgan fingerprint density at radius 1 is 1.50 bits per heavy atom. The molecule has 14 heavy (non-hydrogen) atoms. The maximum Gasteiger partial charge on any atom is 0.142 e. The molecular formula is C10H15NO3. The summed E-state index contributed by atoms with van der Waals surface area (Å²) >= 11 is 0. The molecule has 0 saturated heterocycles. The molecule has 78 valence electrons. The van der Waals surface area contributed by atoms with Crippen molar-refractivity contribution in [3.05, 3.63) is 18.2 Å². The van der Waals surface area contributed by atoms with Crippen LogP contribution in [0.15, 0.2) is 18.2 Å². The molecule has 0 aliphatic heterocycles. The molecule has 0 saturated carbocycles. The Morgan fingerprint density at radius 2 is 2.21 bits per heavy atom. The van der Waals surface area contributed by atoms with Gasteiger partial charge in [0, 0.05) is 6.07 Å². The fourth-order valence-corrected chi connectivity index (χ4v) is 0.995. The van der Waals surface area contributed by atoms with Gasteiger partial charge in [-0.25, -0.2) is 0 Å². The third-order valence-corrected chi connectivity index (χ3v) is 1.70. The number of methoxy groups -OCH3 is 1.